The van der Waals surface area contributed by atoms with Crippen LogP contribution in [0.2, 0.25) is 5.02 Å². The van der Waals surface area contributed by atoms with E-state index in [-0.39, 0.29) is 0 Å². The molecule has 0 unspecified atom stereocenters. The molecule has 1 saturated heterocycles. The van der Waals surface area contributed by atoms with E-state index in [1.54, 1.807) is 18.2 Å². The third-order valence-electron chi connectivity index (χ3n) is 4.40. The molecule has 152 valence electrons. The van der Waals surface area contributed by atoms with Gasteiger partial charge in [-0.05, 0) is 30.2 Å². The van der Waals surface area contributed by atoms with Gasteiger partial charge in [-0.25, -0.2) is 4.39 Å². The maximum atomic E-state index is 14.0. The fraction of sp³-hybridized carbons (Fsp3) is 0.400. The highest BCUT2D eigenvalue weighted by molar-refractivity contribution is 6.33. The number of hydrogen-bond donors (Lipinski definition) is 0. The van der Waals surface area contributed by atoms with Gasteiger partial charge < -0.3 is 14.2 Å². The molecule has 2 aromatic carbocycles. The minimum absolute atomic E-state index is 0.310. The summed E-state index contributed by atoms with van der Waals surface area (Å²) in [4.78, 5) is 0. The first-order valence-electron chi connectivity index (χ1n) is 8.85. The number of benzene rings is 2. The van der Waals surface area contributed by atoms with E-state index in [2.05, 4.69) is 11.7 Å². The molecule has 0 aliphatic carbocycles. The second kappa shape index (κ2) is 8.68. The predicted octanol–water partition coefficient (Wildman–Crippen LogP) is 6.51. The van der Waals surface area contributed by atoms with E-state index < -0.39 is 24.2 Å². The molecule has 0 bridgehead atoms. The maximum Gasteiger partial charge on any atom is 0.573 e. The van der Waals surface area contributed by atoms with Crippen molar-refractivity contribution in [1.82, 2.24) is 0 Å². The molecule has 1 aliphatic rings. The van der Waals surface area contributed by atoms with Gasteiger partial charge >= 0.3 is 6.36 Å². The Morgan fingerprint density at radius 1 is 1.11 bits per heavy atom. The van der Waals surface area contributed by atoms with Gasteiger partial charge in [0, 0.05) is 22.1 Å². The average molecular weight is 419 g/mol. The Morgan fingerprint density at radius 2 is 1.82 bits per heavy atom. The first kappa shape index (κ1) is 20.9. The predicted molar refractivity (Wildman–Crippen MR) is 96.6 cm³/mol. The molecular weight excluding hydrogens is 400 g/mol. The molecule has 0 atom stereocenters. The Labute approximate surface area is 165 Å². The zero-order valence-electron chi connectivity index (χ0n) is 15.1. The molecule has 1 heterocycles. The summed E-state index contributed by atoms with van der Waals surface area (Å²) in [5.74, 6) is -1.65. The van der Waals surface area contributed by atoms with Crippen molar-refractivity contribution in [2.24, 2.45) is 5.92 Å². The average Bonchev–Trinajstić information content (AvgIpc) is 2.63. The van der Waals surface area contributed by atoms with Crippen LogP contribution in [0.5, 0.6) is 5.75 Å². The Balaban J connectivity index is 1.75. The second-order valence-corrected chi connectivity index (χ2v) is 6.99. The first-order chi connectivity index (χ1) is 13.3. The maximum absolute atomic E-state index is 14.0. The van der Waals surface area contributed by atoms with Crippen molar-refractivity contribution in [3.63, 3.8) is 0 Å². The summed E-state index contributed by atoms with van der Waals surface area (Å²) in [6.07, 6.45) is -3.39. The van der Waals surface area contributed by atoms with Crippen LogP contribution >= 0.6 is 11.6 Å². The van der Waals surface area contributed by atoms with E-state index in [1.165, 1.54) is 6.07 Å². The van der Waals surface area contributed by atoms with Crippen LogP contribution in [0.3, 0.4) is 0 Å². The SMILES string of the molecule is CCCC1COC(c2ccc(-c3ccc(OC(F)(F)F)c(F)c3)c(Cl)c2)OC1. The number of ether oxygens (including phenoxy) is 3. The molecule has 0 amide bonds. The molecule has 0 spiro atoms. The van der Waals surface area contributed by atoms with Crippen molar-refractivity contribution in [3.8, 4) is 16.9 Å². The Morgan fingerprint density at radius 3 is 2.39 bits per heavy atom. The summed E-state index contributed by atoms with van der Waals surface area (Å²) in [7, 11) is 0. The van der Waals surface area contributed by atoms with E-state index in [0.29, 0.717) is 35.3 Å². The summed E-state index contributed by atoms with van der Waals surface area (Å²) < 4.78 is 65.9. The monoisotopic (exact) mass is 418 g/mol. The van der Waals surface area contributed by atoms with Crippen LogP contribution in [-0.2, 0) is 9.47 Å². The van der Waals surface area contributed by atoms with Crippen LogP contribution in [0.1, 0.15) is 31.6 Å². The van der Waals surface area contributed by atoms with E-state index in [9.17, 15) is 17.6 Å². The van der Waals surface area contributed by atoms with Crippen LogP contribution < -0.4 is 4.74 Å². The van der Waals surface area contributed by atoms with Crippen molar-refractivity contribution in [3.05, 3.63) is 52.8 Å². The third-order valence-corrected chi connectivity index (χ3v) is 4.71. The van der Waals surface area contributed by atoms with Crippen molar-refractivity contribution < 1.29 is 31.8 Å². The zero-order chi connectivity index (χ0) is 20.3. The highest BCUT2D eigenvalue weighted by Gasteiger charge is 2.32. The summed E-state index contributed by atoms with van der Waals surface area (Å²) in [6.45, 7) is 3.31. The lowest BCUT2D eigenvalue weighted by molar-refractivity contribution is -0.275. The van der Waals surface area contributed by atoms with Crippen LogP contribution in [-0.4, -0.2) is 19.6 Å². The van der Waals surface area contributed by atoms with Gasteiger partial charge in [0.15, 0.2) is 17.9 Å². The number of halogens is 5. The molecule has 2 aromatic rings. The topological polar surface area (TPSA) is 27.7 Å². The molecule has 0 aromatic heterocycles. The van der Waals surface area contributed by atoms with E-state index in [0.717, 1.165) is 30.5 Å². The van der Waals surface area contributed by atoms with Gasteiger partial charge in [0.25, 0.3) is 0 Å². The van der Waals surface area contributed by atoms with Crippen LogP contribution in [0.4, 0.5) is 17.6 Å². The molecule has 0 radical (unpaired) electrons. The molecule has 0 N–H and O–H groups in total. The molecule has 8 heteroatoms. The minimum Gasteiger partial charge on any atom is -0.403 e. The van der Waals surface area contributed by atoms with Crippen LogP contribution in [0.25, 0.3) is 11.1 Å². The Bertz CT molecular complexity index is 818. The molecule has 0 saturated carbocycles. The molecule has 1 fully saturated rings. The van der Waals surface area contributed by atoms with E-state index in [1.807, 2.05) is 0 Å². The van der Waals surface area contributed by atoms with Crippen molar-refractivity contribution in [2.45, 2.75) is 32.4 Å². The van der Waals surface area contributed by atoms with Gasteiger partial charge in [0.2, 0.25) is 0 Å². The lowest BCUT2D eigenvalue weighted by Gasteiger charge is -2.29. The smallest absolute Gasteiger partial charge is 0.403 e. The molecule has 3 nitrogen and oxygen atoms in total. The van der Waals surface area contributed by atoms with Crippen LogP contribution in [0.15, 0.2) is 36.4 Å². The quantitative estimate of drug-likeness (QED) is 0.518. The summed E-state index contributed by atoms with van der Waals surface area (Å²) in [5, 5.41) is 0.310. The summed E-state index contributed by atoms with van der Waals surface area (Å²) in [6, 6.07) is 8.23. The van der Waals surface area contributed by atoms with Crippen LogP contribution in [0, 0.1) is 11.7 Å². The summed E-state index contributed by atoms with van der Waals surface area (Å²) in [5.41, 5.74) is 1.53. The highest BCUT2D eigenvalue weighted by Crippen LogP contribution is 2.35. The van der Waals surface area contributed by atoms with Gasteiger partial charge in [0.05, 0.1) is 13.2 Å². The van der Waals surface area contributed by atoms with Crippen molar-refractivity contribution >= 4 is 11.6 Å². The van der Waals surface area contributed by atoms with Gasteiger partial charge in [-0.1, -0.05) is 43.1 Å². The van der Waals surface area contributed by atoms with Gasteiger partial charge in [-0.15, -0.1) is 13.2 Å². The standard InChI is InChI=1S/C20H19ClF4O3/c1-2-3-12-10-26-19(27-11-12)14-4-6-15(16(21)8-14)13-5-7-18(17(22)9-13)28-20(23,24)25/h4-9,12,19H,2-3,10-11H2,1H3. The number of rotatable bonds is 5. The van der Waals surface area contributed by atoms with E-state index >= 15 is 0 Å². The summed E-state index contributed by atoms with van der Waals surface area (Å²) >= 11 is 6.32. The minimum atomic E-state index is -4.96. The second-order valence-electron chi connectivity index (χ2n) is 6.59. The zero-order valence-corrected chi connectivity index (χ0v) is 15.8. The largest absolute Gasteiger partial charge is 0.573 e. The molecule has 3 rings (SSSR count). The number of alkyl halides is 3. The van der Waals surface area contributed by atoms with Gasteiger partial charge in [0.1, 0.15) is 0 Å². The normalized spacial score (nSPS) is 20.2. The van der Waals surface area contributed by atoms with Gasteiger partial charge in [-0.3, -0.25) is 0 Å². The Kier molecular flexibility index (Phi) is 6.47. The fourth-order valence-corrected chi connectivity index (χ4v) is 3.40. The first-order valence-corrected chi connectivity index (χ1v) is 9.23. The fourth-order valence-electron chi connectivity index (χ4n) is 3.10. The van der Waals surface area contributed by atoms with Gasteiger partial charge in [-0.2, -0.15) is 0 Å². The Hall–Kier alpha value is -1.83. The third kappa shape index (κ3) is 5.16. The van der Waals surface area contributed by atoms with Crippen molar-refractivity contribution in [1.29, 1.82) is 0 Å². The van der Waals surface area contributed by atoms with E-state index in [4.69, 9.17) is 21.1 Å². The number of hydrogen-bond acceptors (Lipinski definition) is 3. The lowest BCUT2D eigenvalue weighted by atomic mass is 10.0. The lowest BCUT2D eigenvalue weighted by Crippen LogP contribution is -2.26. The molecular formula is C20H19ClF4O3. The molecule has 1 aliphatic heterocycles. The highest BCUT2D eigenvalue weighted by atomic mass is 35.5. The molecule has 28 heavy (non-hydrogen) atoms. The van der Waals surface area contributed by atoms with Crippen molar-refractivity contribution in [2.75, 3.05) is 13.2 Å².